The van der Waals surface area contributed by atoms with Crippen molar-refractivity contribution in [3.8, 4) is 11.6 Å². The Morgan fingerprint density at radius 3 is 2.70 bits per heavy atom. The van der Waals surface area contributed by atoms with Gasteiger partial charge in [-0.3, -0.25) is 4.79 Å². The fourth-order valence-corrected chi connectivity index (χ4v) is 1.50. The molecule has 0 fully saturated rings. The van der Waals surface area contributed by atoms with E-state index in [1.165, 1.54) is 17.8 Å². The molecule has 0 saturated heterocycles. The van der Waals surface area contributed by atoms with Gasteiger partial charge in [-0.25, -0.2) is 14.5 Å². The van der Waals surface area contributed by atoms with Gasteiger partial charge in [0.05, 0.1) is 12.8 Å². The van der Waals surface area contributed by atoms with Crippen LogP contribution in [0.15, 0.2) is 30.6 Å². The van der Waals surface area contributed by atoms with Gasteiger partial charge in [0.15, 0.2) is 11.5 Å². The van der Waals surface area contributed by atoms with Crippen molar-refractivity contribution in [2.24, 2.45) is 0 Å². The third-order valence-corrected chi connectivity index (χ3v) is 2.29. The van der Waals surface area contributed by atoms with Crippen molar-refractivity contribution < 1.29 is 19.1 Å². The number of esters is 2. The first-order valence-electron chi connectivity index (χ1n) is 5.97. The molecule has 0 atom stereocenters. The number of hydrogen-bond donors (Lipinski definition) is 0. The summed E-state index contributed by atoms with van der Waals surface area (Å²) in [5, 5.41) is 4.06. The van der Waals surface area contributed by atoms with Gasteiger partial charge in [-0.1, -0.05) is 0 Å². The Kier molecular flexibility index (Phi) is 4.09. The monoisotopic (exact) mass is 275 g/mol. The van der Waals surface area contributed by atoms with Crippen molar-refractivity contribution in [2.45, 2.75) is 13.8 Å². The number of ether oxygens (including phenoxy) is 2. The lowest BCUT2D eigenvalue weighted by Gasteiger charge is -2.03. The van der Waals surface area contributed by atoms with Crippen LogP contribution in [0, 0.1) is 0 Å². The van der Waals surface area contributed by atoms with E-state index >= 15 is 0 Å². The zero-order valence-electron chi connectivity index (χ0n) is 11.1. The third kappa shape index (κ3) is 3.19. The summed E-state index contributed by atoms with van der Waals surface area (Å²) in [5.74, 6) is -0.0542. The largest absolute Gasteiger partial charge is 0.461 e. The molecule has 0 saturated carbocycles. The molecule has 0 N–H and O–H groups in total. The average Bonchev–Trinajstić information content (AvgIpc) is 2.89. The number of carbonyl (C=O) groups is 2. The van der Waals surface area contributed by atoms with Gasteiger partial charge in [-0.2, -0.15) is 5.10 Å². The molecule has 20 heavy (non-hydrogen) atoms. The van der Waals surface area contributed by atoms with Crippen molar-refractivity contribution in [1.82, 2.24) is 14.8 Å². The van der Waals surface area contributed by atoms with E-state index in [9.17, 15) is 9.59 Å². The van der Waals surface area contributed by atoms with Crippen molar-refractivity contribution in [2.75, 3.05) is 6.61 Å². The minimum Gasteiger partial charge on any atom is -0.461 e. The normalized spacial score (nSPS) is 10.1. The third-order valence-electron chi connectivity index (χ3n) is 2.29. The molecule has 2 rings (SSSR count). The molecular formula is C13H13N3O4. The quantitative estimate of drug-likeness (QED) is 0.784. The van der Waals surface area contributed by atoms with Crippen LogP contribution in [-0.4, -0.2) is 33.3 Å². The van der Waals surface area contributed by atoms with E-state index in [0.29, 0.717) is 18.2 Å². The van der Waals surface area contributed by atoms with Crippen molar-refractivity contribution in [1.29, 1.82) is 0 Å². The molecule has 2 heterocycles. The molecule has 7 heteroatoms. The summed E-state index contributed by atoms with van der Waals surface area (Å²) in [6, 6.07) is 4.76. The molecule has 0 bridgehead atoms. The molecular weight excluding hydrogens is 262 g/mol. The minimum atomic E-state index is -0.484. The molecule has 2 aromatic heterocycles. The van der Waals surface area contributed by atoms with Crippen LogP contribution in [0.1, 0.15) is 24.3 Å². The second-order valence-electron chi connectivity index (χ2n) is 3.81. The second kappa shape index (κ2) is 5.96. The summed E-state index contributed by atoms with van der Waals surface area (Å²) in [5.41, 5.74) is 0.206. The topological polar surface area (TPSA) is 83.3 Å². The molecule has 104 valence electrons. The second-order valence-corrected chi connectivity index (χ2v) is 3.81. The molecule has 0 amide bonds. The molecule has 0 aliphatic carbocycles. The Bertz CT molecular complexity index is 619. The smallest absolute Gasteiger partial charge is 0.358 e. The van der Waals surface area contributed by atoms with Gasteiger partial charge < -0.3 is 9.47 Å². The molecule has 0 aliphatic heterocycles. The number of pyridine rings is 1. The van der Waals surface area contributed by atoms with Crippen molar-refractivity contribution in [3.05, 3.63) is 36.3 Å². The fourth-order valence-electron chi connectivity index (χ4n) is 1.50. The van der Waals surface area contributed by atoms with E-state index in [0.717, 1.165) is 0 Å². The first kappa shape index (κ1) is 13.7. The summed E-state index contributed by atoms with van der Waals surface area (Å²) in [7, 11) is 0. The highest BCUT2D eigenvalue weighted by Gasteiger charge is 2.11. The first-order chi connectivity index (χ1) is 9.60. The van der Waals surface area contributed by atoms with Crippen LogP contribution < -0.4 is 4.74 Å². The van der Waals surface area contributed by atoms with Gasteiger partial charge in [0.25, 0.3) is 0 Å². The van der Waals surface area contributed by atoms with E-state index in [4.69, 9.17) is 9.47 Å². The minimum absolute atomic E-state index is 0.206. The van der Waals surface area contributed by atoms with Crippen molar-refractivity contribution in [3.63, 3.8) is 0 Å². The lowest BCUT2D eigenvalue weighted by Crippen LogP contribution is -2.07. The molecule has 2 aromatic rings. The SMILES string of the molecule is CCOC(=O)c1ccn(-c2ccc(OC(C)=O)cn2)n1. The van der Waals surface area contributed by atoms with Crippen LogP contribution in [0.5, 0.6) is 5.75 Å². The first-order valence-corrected chi connectivity index (χ1v) is 5.97. The number of rotatable bonds is 4. The van der Waals surface area contributed by atoms with E-state index in [1.54, 1.807) is 31.3 Å². The number of carbonyl (C=O) groups excluding carboxylic acids is 2. The summed E-state index contributed by atoms with van der Waals surface area (Å²) in [6.45, 7) is 3.33. The van der Waals surface area contributed by atoms with Gasteiger partial charge in [0.1, 0.15) is 5.75 Å². The zero-order chi connectivity index (χ0) is 14.5. The van der Waals surface area contributed by atoms with Gasteiger partial charge in [0.2, 0.25) is 0 Å². The van der Waals surface area contributed by atoms with Gasteiger partial charge in [0, 0.05) is 13.1 Å². The average molecular weight is 275 g/mol. The van der Waals surface area contributed by atoms with E-state index in [-0.39, 0.29) is 5.69 Å². The van der Waals surface area contributed by atoms with Gasteiger partial charge in [-0.15, -0.1) is 0 Å². The number of nitrogens with zero attached hydrogens (tertiary/aromatic N) is 3. The highest BCUT2D eigenvalue weighted by Crippen LogP contribution is 2.12. The van der Waals surface area contributed by atoms with E-state index < -0.39 is 11.9 Å². The van der Waals surface area contributed by atoms with Crippen LogP contribution in [0.4, 0.5) is 0 Å². The highest BCUT2D eigenvalue weighted by molar-refractivity contribution is 5.87. The van der Waals surface area contributed by atoms with E-state index in [2.05, 4.69) is 10.1 Å². The lowest BCUT2D eigenvalue weighted by molar-refractivity contribution is -0.131. The fraction of sp³-hybridized carbons (Fsp3) is 0.231. The maximum Gasteiger partial charge on any atom is 0.358 e. The predicted molar refractivity (Wildman–Crippen MR) is 68.6 cm³/mol. The Hall–Kier alpha value is -2.70. The van der Waals surface area contributed by atoms with Crippen LogP contribution in [0.2, 0.25) is 0 Å². The summed E-state index contributed by atoms with van der Waals surface area (Å²) >= 11 is 0. The maximum absolute atomic E-state index is 11.5. The molecule has 0 spiro atoms. The summed E-state index contributed by atoms with van der Waals surface area (Å²) in [4.78, 5) is 26.4. The van der Waals surface area contributed by atoms with Crippen LogP contribution in [0.25, 0.3) is 5.82 Å². The van der Waals surface area contributed by atoms with Crippen LogP contribution in [0.3, 0.4) is 0 Å². The van der Waals surface area contributed by atoms with Crippen LogP contribution >= 0.6 is 0 Å². The molecule has 7 nitrogen and oxygen atoms in total. The Labute approximate surface area is 115 Å². The molecule has 0 aromatic carbocycles. The molecule has 0 aliphatic rings. The van der Waals surface area contributed by atoms with E-state index in [1.807, 2.05) is 0 Å². The Morgan fingerprint density at radius 1 is 1.30 bits per heavy atom. The predicted octanol–water partition coefficient (Wildman–Crippen LogP) is 1.37. The van der Waals surface area contributed by atoms with Gasteiger partial charge in [-0.05, 0) is 25.1 Å². The Balaban J connectivity index is 2.15. The Morgan fingerprint density at radius 2 is 2.10 bits per heavy atom. The highest BCUT2D eigenvalue weighted by atomic mass is 16.5. The van der Waals surface area contributed by atoms with Gasteiger partial charge >= 0.3 is 11.9 Å². The van der Waals surface area contributed by atoms with Crippen LogP contribution in [-0.2, 0) is 9.53 Å². The maximum atomic E-state index is 11.5. The summed E-state index contributed by atoms with van der Waals surface area (Å²) in [6.07, 6.45) is 3.00. The summed E-state index contributed by atoms with van der Waals surface area (Å²) < 4.78 is 11.2. The van der Waals surface area contributed by atoms with Crippen molar-refractivity contribution >= 4 is 11.9 Å². The number of hydrogen-bond acceptors (Lipinski definition) is 6. The number of aromatic nitrogens is 3. The zero-order valence-corrected chi connectivity index (χ0v) is 11.1. The molecule has 0 unspecified atom stereocenters. The lowest BCUT2D eigenvalue weighted by atomic mass is 10.4. The molecule has 0 radical (unpaired) electrons. The standard InChI is InChI=1S/C13H13N3O4/c1-3-19-13(18)11-6-7-16(15-11)12-5-4-10(8-14-12)20-9(2)17/h4-8H,3H2,1-2H3.